The molecule has 2 saturated carbocycles. The predicted octanol–water partition coefficient (Wildman–Crippen LogP) is 10.9. The molecule has 2 aliphatic carbocycles. The van der Waals surface area contributed by atoms with E-state index in [1.165, 1.54) is 105 Å². The van der Waals surface area contributed by atoms with Gasteiger partial charge in [-0.05, 0) is 97.2 Å². The van der Waals surface area contributed by atoms with Crippen molar-refractivity contribution in [3.8, 4) is 34.0 Å². The minimum absolute atomic E-state index is 0.302. The number of ether oxygens (including phenoxy) is 3. The van der Waals surface area contributed by atoms with Crippen LogP contribution in [0.1, 0.15) is 108 Å². The fourth-order valence-corrected chi connectivity index (χ4v) is 9.43. The number of methoxy groups -OCH3 is 1. The second-order valence-corrected chi connectivity index (χ2v) is 14.9. The Hall–Kier alpha value is -5.50. The van der Waals surface area contributed by atoms with E-state index in [2.05, 4.69) is 33.4 Å². The van der Waals surface area contributed by atoms with Gasteiger partial charge in [0, 0.05) is 21.9 Å². The number of para-hydroxylation sites is 2. The number of fused-ring (bicyclic) bond motifs is 10. The maximum atomic E-state index is 12.1. The van der Waals surface area contributed by atoms with Crippen LogP contribution in [0.15, 0.2) is 84.9 Å². The molecule has 0 amide bonds. The summed E-state index contributed by atoms with van der Waals surface area (Å²) in [5, 5.41) is 11.8. The minimum Gasteiger partial charge on any atom is -0.478 e. The molecule has 2 fully saturated rings. The van der Waals surface area contributed by atoms with Gasteiger partial charge in [-0.25, -0.2) is 9.59 Å². The molecule has 2 aliphatic heterocycles. The standard InChI is InChI=1S/C23H23NO3.C22H21NO3/c1-26-23(25)16-11-12-17-19(13-16)24-14-27-20-10-6-5-9-18(20)22(24)21(17)15-7-3-2-4-8-15;24-22(25)15-10-11-16-18(12-15)23-13-26-19-9-5-4-8-17(19)21(23)20(16)14-6-2-1-3-7-14/h5-6,9-13,15H,2-4,7-8,14H2,1H3;4-5,8-12,14H,1-3,6-7,13H2,(H,24,25). The van der Waals surface area contributed by atoms with E-state index in [1.807, 2.05) is 48.5 Å². The second-order valence-electron chi connectivity index (χ2n) is 14.9. The van der Waals surface area contributed by atoms with Gasteiger partial charge in [0.1, 0.15) is 11.5 Å². The van der Waals surface area contributed by atoms with Crippen molar-refractivity contribution in [1.82, 2.24) is 9.13 Å². The molecule has 270 valence electrons. The molecular weight excluding hydrogens is 665 g/mol. The van der Waals surface area contributed by atoms with Crippen LogP contribution in [0.25, 0.3) is 44.3 Å². The van der Waals surface area contributed by atoms with Crippen molar-refractivity contribution in [2.45, 2.75) is 89.5 Å². The number of aromatic nitrogens is 2. The van der Waals surface area contributed by atoms with Gasteiger partial charge in [0.15, 0.2) is 13.5 Å². The Bertz CT molecular complexity index is 2370. The molecule has 0 saturated heterocycles. The molecule has 4 aliphatic rings. The first-order valence-electron chi connectivity index (χ1n) is 19.1. The highest BCUT2D eigenvalue weighted by molar-refractivity contribution is 6.00. The van der Waals surface area contributed by atoms with E-state index >= 15 is 0 Å². The molecule has 8 heteroatoms. The van der Waals surface area contributed by atoms with Crippen LogP contribution >= 0.6 is 0 Å². The van der Waals surface area contributed by atoms with Crippen LogP contribution in [-0.2, 0) is 18.2 Å². The van der Waals surface area contributed by atoms with Gasteiger partial charge in [-0.15, -0.1) is 0 Å². The number of hydrogen-bond donors (Lipinski definition) is 1. The quantitative estimate of drug-likeness (QED) is 0.183. The van der Waals surface area contributed by atoms with Crippen LogP contribution in [0, 0.1) is 0 Å². The monoisotopic (exact) mass is 708 g/mol. The molecule has 0 spiro atoms. The molecule has 8 nitrogen and oxygen atoms in total. The fraction of sp³-hybridized carbons (Fsp3) is 0.333. The molecule has 1 N–H and O–H groups in total. The lowest BCUT2D eigenvalue weighted by Crippen LogP contribution is -2.14. The van der Waals surface area contributed by atoms with Gasteiger partial charge in [-0.1, -0.05) is 74.9 Å². The van der Waals surface area contributed by atoms with Gasteiger partial charge in [0.05, 0.1) is 40.7 Å². The number of carbonyl (C=O) groups excluding carboxylic acids is 1. The van der Waals surface area contributed by atoms with Crippen molar-refractivity contribution in [1.29, 1.82) is 0 Å². The summed E-state index contributed by atoms with van der Waals surface area (Å²) in [5.74, 6) is 1.76. The average Bonchev–Trinajstić information content (AvgIpc) is 3.74. The van der Waals surface area contributed by atoms with Gasteiger partial charge < -0.3 is 28.5 Å². The summed E-state index contributed by atoms with van der Waals surface area (Å²) in [6.07, 6.45) is 12.6. The second kappa shape index (κ2) is 13.8. The maximum Gasteiger partial charge on any atom is 0.337 e. The van der Waals surface area contributed by atoms with Crippen LogP contribution in [0.2, 0.25) is 0 Å². The number of carboxylic acid groups (broad SMARTS) is 1. The topological polar surface area (TPSA) is 91.9 Å². The van der Waals surface area contributed by atoms with Crippen LogP contribution in [0.4, 0.5) is 0 Å². The summed E-state index contributed by atoms with van der Waals surface area (Å²) in [7, 11) is 1.42. The van der Waals surface area contributed by atoms with E-state index in [-0.39, 0.29) is 5.97 Å². The molecule has 0 atom stereocenters. The number of carbonyl (C=O) groups is 2. The van der Waals surface area contributed by atoms with Crippen molar-refractivity contribution in [2.75, 3.05) is 7.11 Å². The Kier molecular flexibility index (Phi) is 8.69. The first-order chi connectivity index (χ1) is 26.0. The number of rotatable bonds is 4. The van der Waals surface area contributed by atoms with E-state index in [9.17, 15) is 14.7 Å². The summed E-state index contributed by atoms with van der Waals surface area (Å²) in [5.41, 5.74) is 10.5. The zero-order chi connectivity index (χ0) is 36.1. The normalized spacial score (nSPS) is 16.6. The molecular formula is C45H44N2O6. The maximum absolute atomic E-state index is 12.1. The first kappa shape index (κ1) is 33.3. The number of nitrogens with zero attached hydrogens (tertiary/aromatic N) is 2. The summed E-state index contributed by atoms with van der Waals surface area (Å²) in [6.45, 7) is 0.902. The molecule has 0 bridgehead atoms. The lowest BCUT2D eigenvalue weighted by atomic mass is 9.81. The number of benzene rings is 4. The van der Waals surface area contributed by atoms with Gasteiger partial charge in [-0.3, -0.25) is 0 Å². The van der Waals surface area contributed by atoms with Gasteiger partial charge in [-0.2, -0.15) is 0 Å². The smallest absolute Gasteiger partial charge is 0.337 e. The summed E-state index contributed by atoms with van der Waals surface area (Å²) < 4.78 is 21.3. The van der Waals surface area contributed by atoms with E-state index in [1.54, 1.807) is 12.1 Å². The third kappa shape index (κ3) is 5.75. The molecule has 6 aromatic rings. The SMILES string of the molecule is COC(=O)c1ccc2c(C3CCCCC3)c3n(c2c1)COc1ccccc1-3.O=C(O)c1ccc2c(C3CCCCC3)c3n(c2c1)COc1ccccc1-3. The summed E-state index contributed by atoms with van der Waals surface area (Å²) in [4.78, 5) is 23.5. The molecule has 53 heavy (non-hydrogen) atoms. The lowest BCUT2D eigenvalue weighted by molar-refractivity contribution is 0.0600. The van der Waals surface area contributed by atoms with Crippen molar-refractivity contribution < 1.29 is 28.9 Å². The van der Waals surface area contributed by atoms with Gasteiger partial charge >= 0.3 is 11.9 Å². The number of esters is 1. The van der Waals surface area contributed by atoms with Crippen LogP contribution in [-0.4, -0.2) is 33.3 Å². The van der Waals surface area contributed by atoms with Crippen molar-refractivity contribution >= 4 is 33.7 Å². The van der Waals surface area contributed by atoms with E-state index in [0.29, 0.717) is 36.4 Å². The van der Waals surface area contributed by atoms with Gasteiger partial charge in [0.2, 0.25) is 0 Å². The average molecular weight is 709 g/mol. The molecule has 0 unspecified atom stereocenters. The highest BCUT2D eigenvalue weighted by Crippen LogP contribution is 2.49. The molecule has 10 rings (SSSR count). The zero-order valence-electron chi connectivity index (χ0n) is 30.1. The molecule has 4 heterocycles. The van der Waals surface area contributed by atoms with Crippen LogP contribution < -0.4 is 9.47 Å². The number of carboxylic acids is 1. The van der Waals surface area contributed by atoms with Crippen molar-refractivity contribution in [2.24, 2.45) is 0 Å². The predicted molar refractivity (Wildman–Crippen MR) is 206 cm³/mol. The fourth-order valence-electron chi connectivity index (χ4n) is 9.43. The zero-order valence-corrected chi connectivity index (χ0v) is 30.1. The van der Waals surface area contributed by atoms with E-state index in [0.717, 1.165) is 33.7 Å². The van der Waals surface area contributed by atoms with E-state index < -0.39 is 5.97 Å². The Morgan fingerprint density at radius 1 is 0.623 bits per heavy atom. The van der Waals surface area contributed by atoms with E-state index in [4.69, 9.17) is 14.2 Å². The first-order valence-corrected chi connectivity index (χ1v) is 19.1. The Labute approximate surface area is 308 Å². The Morgan fingerprint density at radius 2 is 1.08 bits per heavy atom. The van der Waals surface area contributed by atoms with Crippen molar-refractivity contribution in [3.63, 3.8) is 0 Å². The molecule has 0 radical (unpaired) electrons. The van der Waals surface area contributed by atoms with Crippen LogP contribution in [0.3, 0.4) is 0 Å². The number of hydrogen-bond acceptors (Lipinski definition) is 5. The molecule has 4 aromatic carbocycles. The lowest BCUT2D eigenvalue weighted by Gasteiger charge is -2.26. The third-order valence-electron chi connectivity index (χ3n) is 11.9. The minimum atomic E-state index is -0.890. The van der Waals surface area contributed by atoms with Crippen LogP contribution in [0.5, 0.6) is 11.5 Å². The number of aromatic carboxylic acids is 1. The Morgan fingerprint density at radius 3 is 1.55 bits per heavy atom. The molecule has 2 aromatic heterocycles. The largest absolute Gasteiger partial charge is 0.478 e. The summed E-state index contributed by atoms with van der Waals surface area (Å²) >= 11 is 0. The highest BCUT2D eigenvalue weighted by Gasteiger charge is 2.32. The summed E-state index contributed by atoms with van der Waals surface area (Å²) in [6, 6.07) is 27.9. The Balaban J connectivity index is 0.000000141. The third-order valence-corrected chi connectivity index (χ3v) is 11.9. The highest BCUT2D eigenvalue weighted by atomic mass is 16.5. The van der Waals surface area contributed by atoms with Crippen molar-refractivity contribution in [3.05, 3.63) is 107 Å². The van der Waals surface area contributed by atoms with Gasteiger partial charge in [0.25, 0.3) is 0 Å².